The van der Waals surface area contributed by atoms with Gasteiger partial charge in [-0.1, -0.05) is 6.07 Å². The summed E-state index contributed by atoms with van der Waals surface area (Å²) in [5.41, 5.74) is 7.69. The minimum Gasteiger partial charge on any atom is -0.366 e. The second-order valence-electron chi connectivity index (χ2n) is 6.70. The summed E-state index contributed by atoms with van der Waals surface area (Å²) >= 11 is 0. The van der Waals surface area contributed by atoms with E-state index < -0.39 is 12.1 Å². The lowest BCUT2D eigenvalue weighted by molar-refractivity contribution is 0.0666. The van der Waals surface area contributed by atoms with E-state index in [0.717, 1.165) is 11.1 Å². The lowest BCUT2D eigenvalue weighted by atomic mass is 10.1. The lowest BCUT2D eigenvalue weighted by Gasteiger charge is -2.28. The van der Waals surface area contributed by atoms with Gasteiger partial charge in [0.2, 0.25) is 5.91 Å². The summed E-state index contributed by atoms with van der Waals surface area (Å²) in [5, 5.41) is 0.811. The number of primary amides is 1. The highest BCUT2D eigenvalue weighted by atomic mass is 19.1. The predicted octanol–water partition coefficient (Wildman–Crippen LogP) is 2.70. The molecule has 1 aliphatic rings. The molecule has 7 heteroatoms. The standard InChI is InChI=1S/C20H19FN4O2/c21-16-5-7-24(8-6-16)20(27)15-10-14-4-9-25(19(14)23-12-15)17-3-1-2-13(11-17)18(22)26/h1-4,9-12,16H,5-8H2,(H2,22,26). The van der Waals surface area contributed by atoms with E-state index >= 15 is 0 Å². The number of aromatic nitrogens is 2. The van der Waals surface area contributed by atoms with E-state index in [9.17, 15) is 14.0 Å². The molecule has 1 fully saturated rings. The molecule has 0 spiro atoms. The summed E-state index contributed by atoms with van der Waals surface area (Å²) in [4.78, 5) is 30.2. The number of alkyl halides is 1. The highest BCUT2D eigenvalue weighted by molar-refractivity contribution is 5.97. The maximum Gasteiger partial charge on any atom is 0.255 e. The van der Waals surface area contributed by atoms with Gasteiger partial charge in [0, 0.05) is 42.1 Å². The van der Waals surface area contributed by atoms with Crippen LogP contribution in [-0.4, -0.2) is 45.5 Å². The third-order valence-electron chi connectivity index (χ3n) is 4.89. The molecule has 1 aliphatic heterocycles. The molecule has 1 aromatic carbocycles. The highest BCUT2D eigenvalue weighted by Gasteiger charge is 2.23. The molecule has 0 radical (unpaired) electrons. The van der Waals surface area contributed by atoms with Gasteiger partial charge in [-0.25, -0.2) is 9.37 Å². The summed E-state index contributed by atoms with van der Waals surface area (Å²) in [6.07, 6.45) is 3.32. The van der Waals surface area contributed by atoms with Crippen LogP contribution in [0, 0.1) is 0 Å². The Morgan fingerprint density at radius 3 is 2.63 bits per heavy atom. The molecular formula is C20H19FN4O2. The third-order valence-corrected chi connectivity index (χ3v) is 4.89. The van der Waals surface area contributed by atoms with E-state index in [1.54, 1.807) is 35.4 Å². The molecule has 0 bridgehead atoms. The van der Waals surface area contributed by atoms with E-state index in [1.165, 1.54) is 0 Å². The molecule has 2 amide bonds. The monoisotopic (exact) mass is 366 g/mol. The number of carbonyl (C=O) groups is 2. The van der Waals surface area contributed by atoms with Crippen LogP contribution in [0.3, 0.4) is 0 Å². The van der Waals surface area contributed by atoms with Crippen LogP contribution in [0.25, 0.3) is 16.7 Å². The summed E-state index contributed by atoms with van der Waals surface area (Å²) in [6.45, 7) is 0.859. The molecule has 6 nitrogen and oxygen atoms in total. The van der Waals surface area contributed by atoms with E-state index in [-0.39, 0.29) is 5.91 Å². The van der Waals surface area contributed by atoms with Crippen LogP contribution in [-0.2, 0) is 0 Å². The van der Waals surface area contributed by atoms with Crippen molar-refractivity contribution in [3.8, 4) is 5.69 Å². The Morgan fingerprint density at radius 2 is 1.89 bits per heavy atom. The van der Waals surface area contributed by atoms with Gasteiger partial charge >= 0.3 is 0 Å². The number of nitrogens with zero attached hydrogens (tertiary/aromatic N) is 3. The number of carbonyl (C=O) groups excluding carboxylic acids is 2. The molecule has 0 aliphatic carbocycles. The third kappa shape index (κ3) is 3.28. The van der Waals surface area contributed by atoms with Crippen LogP contribution in [0.5, 0.6) is 0 Å². The van der Waals surface area contributed by atoms with Crippen molar-refractivity contribution >= 4 is 22.8 Å². The van der Waals surface area contributed by atoms with Gasteiger partial charge in [-0.3, -0.25) is 9.59 Å². The van der Waals surface area contributed by atoms with Gasteiger partial charge in [-0.15, -0.1) is 0 Å². The van der Waals surface area contributed by atoms with Crippen LogP contribution < -0.4 is 5.73 Å². The van der Waals surface area contributed by atoms with Crippen LogP contribution >= 0.6 is 0 Å². The fourth-order valence-electron chi connectivity index (χ4n) is 3.39. The molecule has 27 heavy (non-hydrogen) atoms. The normalized spacial score (nSPS) is 15.2. The first-order chi connectivity index (χ1) is 13.0. The second kappa shape index (κ2) is 6.83. The van der Waals surface area contributed by atoms with Crippen molar-refractivity contribution in [2.45, 2.75) is 19.0 Å². The number of likely N-dealkylation sites (tertiary alicyclic amines) is 1. The minimum absolute atomic E-state index is 0.125. The van der Waals surface area contributed by atoms with Crippen molar-refractivity contribution in [3.05, 3.63) is 59.9 Å². The Morgan fingerprint density at radius 1 is 1.11 bits per heavy atom. The van der Waals surface area contributed by atoms with E-state index in [0.29, 0.717) is 42.7 Å². The number of nitrogens with two attached hydrogens (primary N) is 1. The number of fused-ring (bicyclic) bond motifs is 1. The second-order valence-corrected chi connectivity index (χ2v) is 6.70. The van der Waals surface area contributed by atoms with Gasteiger partial charge in [0.15, 0.2) is 0 Å². The molecule has 2 N–H and O–H groups in total. The van der Waals surface area contributed by atoms with Crippen molar-refractivity contribution in [1.29, 1.82) is 0 Å². The summed E-state index contributed by atoms with van der Waals surface area (Å²) in [6, 6.07) is 10.6. The molecule has 2 aromatic heterocycles. The molecule has 0 atom stereocenters. The minimum atomic E-state index is -0.820. The van der Waals surface area contributed by atoms with Crippen LogP contribution in [0.1, 0.15) is 33.6 Å². The Hall–Kier alpha value is -3.22. The first-order valence-corrected chi connectivity index (χ1v) is 8.83. The van der Waals surface area contributed by atoms with Crippen molar-refractivity contribution in [1.82, 2.24) is 14.5 Å². The largest absolute Gasteiger partial charge is 0.366 e. The summed E-state index contributed by atoms with van der Waals surface area (Å²) in [5.74, 6) is -0.619. The van der Waals surface area contributed by atoms with Crippen molar-refractivity contribution < 1.29 is 14.0 Å². The molecule has 0 saturated carbocycles. The highest BCUT2D eigenvalue weighted by Crippen LogP contribution is 2.22. The fraction of sp³-hybridized carbons (Fsp3) is 0.250. The van der Waals surface area contributed by atoms with Gasteiger partial charge in [0.05, 0.1) is 5.56 Å². The summed E-state index contributed by atoms with van der Waals surface area (Å²) < 4.78 is 15.1. The zero-order valence-electron chi connectivity index (χ0n) is 14.6. The Bertz CT molecular complexity index is 1020. The van der Waals surface area contributed by atoms with Crippen molar-refractivity contribution in [2.24, 2.45) is 5.73 Å². The number of halogens is 1. The number of rotatable bonds is 3. The fourth-order valence-corrected chi connectivity index (χ4v) is 3.39. The lowest BCUT2D eigenvalue weighted by Crippen LogP contribution is -2.39. The van der Waals surface area contributed by atoms with Gasteiger partial charge in [0.1, 0.15) is 11.8 Å². The first kappa shape index (κ1) is 17.2. The number of hydrogen-bond acceptors (Lipinski definition) is 3. The van der Waals surface area contributed by atoms with Crippen molar-refractivity contribution in [2.75, 3.05) is 13.1 Å². The predicted molar refractivity (Wildman–Crippen MR) is 99.6 cm³/mol. The average Bonchev–Trinajstić information content (AvgIpc) is 3.11. The molecule has 0 unspecified atom stereocenters. The molecule has 3 heterocycles. The van der Waals surface area contributed by atoms with E-state index in [1.807, 2.05) is 22.9 Å². The van der Waals surface area contributed by atoms with Gasteiger partial charge in [0.25, 0.3) is 5.91 Å². The molecule has 4 rings (SSSR count). The topological polar surface area (TPSA) is 81.2 Å². The SMILES string of the molecule is NC(=O)c1cccc(-n2ccc3cc(C(=O)N4CCC(F)CC4)cnc32)c1. The molecule has 138 valence electrons. The van der Waals surface area contributed by atoms with Crippen LogP contribution in [0.4, 0.5) is 4.39 Å². The number of benzene rings is 1. The van der Waals surface area contributed by atoms with Gasteiger partial charge in [-0.05, 0) is 43.2 Å². The van der Waals surface area contributed by atoms with Crippen LogP contribution in [0.15, 0.2) is 48.8 Å². The zero-order valence-corrected chi connectivity index (χ0v) is 14.6. The zero-order chi connectivity index (χ0) is 19.0. The van der Waals surface area contributed by atoms with Gasteiger partial charge < -0.3 is 15.2 Å². The molecule has 1 saturated heterocycles. The maximum absolute atomic E-state index is 13.3. The number of hydrogen-bond donors (Lipinski definition) is 1. The average molecular weight is 366 g/mol. The van der Waals surface area contributed by atoms with E-state index in [2.05, 4.69) is 4.98 Å². The van der Waals surface area contributed by atoms with Gasteiger partial charge in [-0.2, -0.15) is 0 Å². The number of amides is 2. The first-order valence-electron chi connectivity index (χ1n) is 8.83. The van der Waals surface area contributed by atoms with Crippen molar-refractivity contribution in [3.63, 3.8) is 0 Å². The quantitative estimate of drug-likeness (QED) is 0.774. The molecular weight excluding hydrogens is 347 g/mol. The summed E-state index contributed by atoms with van der Waals surface area (Å²) in [7, 11) is 0. The maximum atomic E-state index is 13.3. The smallest absolute Gasteiger partial charge is 0.255 e. The van der Waals surface area contributed by atoms with Crippen LogP contribution in [0.2, 0.25) is 0 Å². The Balaban J connectivity index is 1.65. The number of pyridine rings is 1. The number of piperidine rings is 1. The Labute approximate surface area is 155 Å². The Kier molecular flexibility index (Phi) is 4.35. The van der Waals surface area contributed by atoms with E-state index in [4.69, 9.17) is 5.73 Å². The molecule has 3 aromatic rings.